The zero-order chi connectivity index (χ0) is 39.5. The number of carbonyl (C=O) groups is 5. The Morgan fingerprint density at radius 3 is 1.70 bits per heavy atom. The van der Waals surface area contributed by atoms with Crippen molar-refractivity contribution in [3.05, 3.63) is 48.0 Å². The molecular weight excluding hydrogens is 688 g/mol. The van der Waals surface area contributed by atoms with Gasteiger partial charge in [0.2, 0.25) is 29.5 Å². The van der Waals surface area contributed by atoms with Crippen molar-refractivity contribution in [2.45, 2.75) is 89.0 Å². The van der Waals surface area contributed by atoms with E-state index in [1.807, 2.05) is 13.8 Å². The average molecular weight is 743 g/mol. The van der Waals surface area contributed by atoms with Crippen LogP contribution in [-0.4, -0.2) is 99.8 Å². The van der Waals surface area contributed by atoms with E-state index in [9.17, 15) is 29.1 Å². The number of aromatic nitrogens is 2. The number of aliphatic imine (C=N–C) groups is 2. The van der Waals surface area contributed by atoms with Crippen LogP contribution in [-0.2, 0) is 36.8 Å². The van der Waals surface area contributed by atoms with Gasteiger partial charge in [-0.15, -0.1) is 0 Å². The van der Waals surface area contributed by atoms with Crippen molar-refractivity contribution in [2.75, 3.05) is 13.1 Å². The molecule has 5 atom stereocenters. The first-order chi connectivity index (χ1) is 25.0. The number of nitrogens with zero attached hydrogens (tertiary/aromatic N) is 3. The first kappa shape index (κ1) is 43.2. The van der Waals surface area contributed by atoms with Gasteiger partial charge in [0.25, 0.3) is 0 Å². The van der Waals surface area contributed by atoms with E-state index in [-0.39, 0.29) is 75.2 Å². The van der Waals surface area contributed by atoms with Crippen molar-refractivity contribution in [3.63, 3.8) is 0 Å². The maximum atomic E-state index is 13.8. The molecule has 0 saturated heterocycles. The molecule has 1 aromatic heterocycles. The molecule has 292 valence electrons. The highest BCUT2D eigenvalue weighted by molar-refractivity contribution is 5.95. The van der Waals surface area contributed by atoms with Gasteiger partial charge in [0.05, 0.1) is 12.4 Å². The highest BCUT2D eigenvalue weighted by Crippen LogP contribution is 2.13. The number of hydrogen-bond donors (Lipinski definition) is 12. The van der Waals surface area contributed by atoms with E-state index < -0.39 is 59.7 Å². The molecule has 0 spiro atoms. The molecule has 2 aromatic rings. The molecule has 0 fully saturated rings. The Morgan fingerprint density at radius 1 is 0.736 bits per heavy atom. The second-order valence-corrected chi connectivity index (χ2v) is 12.9. The van der Waals surface area contributed by atoms with E-state index in [0.717, 1.165) is 0 Å². The van der Waals surface area contributed by atoms with Gasteiger partial charge in [-0.25, -0.2) is 4.98 Å². The maximum Gasteiger partial charge on any atom is 0.243 e. The number of rotatable bonds is 23. The molecule has 0 unspecified atom stereocenters. The van der Waals surface area contributed by atoms with Gasteiger partial charge in [-0.05, 0) is 55.7 Å². The first-order valence-electron chi connectivity index (χ1n) is 17.2. The third-order valence-corrected chi connectivity index (χ3v) is 7.86. The number of H-pyrrole nitrogens is 1. The minimum atomic E-state index is -1.19. The Bertz CT molecular complexity index is 1540. The number of nitrogens with two attached hydrogens (primary N) is 6. The molecule has 0 aliphatic carbocycles. The Kier molecular flexibility index (Phi) is 18.0. The van der Waals surface area contributed by atoms with Gasteiger partial charge in [0.1, 0.15) is 29.9 Å². The largest absolute Gasteiger partial charge is 0.508 e. The zero-order valence-corrected chi connectivity index (χ0v) is 30.1. The molecule has 20 heteroatoms. The summed E-state index contributed by atoms with van der Waals surface area (Å²) in [7, 11) is 0. The summed E-state index contributed by atoms with van der Waals surface area (Å²) in [6, 6.07) is 0.385. The van der Waals surface area contributed by atoms with Crippen molar-refractivity contribution in [1.82, 2.24) is 31.2 Å². The molecule has 5 amide bonds. The highest BCUT2D eigenvalue weighted by Gasteiger charge is 2.32. The first-order valence-corrected chi connectivity index (χ1v) is 17.2. The average Bonchev–Trinajstić information content (AvgIpc) is 3.60. The summed E-state index contributed by atoms with van der Waals surface area (Å²) in [6.45, 7) is 4.00. The topological polar surface area (TPSA) is 363 Å². The number of primary amides is 1. The van der Waals surface area contributed by atoms with Crippen molar-refractivity contribution < 1.29 is 29.1 Å². The number of carbonyl (C=O) groups excluding carboxylic acids is 5. The number of benzene rings is 1. The molecular formula is C33H54N14O6. The second-order valence-electron chi connectivity index (χ2n) is 12.9. The van der Waals surface area contributed by atoms with Crippen LogP contribution in [0.25, 0.3) is 0 Å². The molecule has 18 N–H and O–H groups in total. The fraction of sp³-hybridized carbons (Fsp3) is 0.515. The van der Waals surface area contributed by atoms with Crippen LogP contribution in [0.5, 0.6) is 5.75 Å². The predicted octanol–water partition coefficient (Wildman–Crippen LogP) is -3.19. The predicted molar refractivity (Wildman–Crippen MR) is 198 cm³/mol. The van der Waals surface area contributed by atoms with Crippen molar-refractivity contribution in [1.29, 1.82) is 0 Å². The summed E-state index contributed by atoms with van der Waals surface area (Å²) in [5.74, 6) is -3.87. The number of aromatic amines is 1. The van der Waals surface area contributed by atoms with Crippen LogP contribution < -0.4 is 55.7 Å². The number of phenols is 1. The lowest BCUT2D eigenvalue weighted by molar-refractivity contribution is -0.135. The summed E-state index contributed by atoms with van der Waals surface area (Å²) in [6.07, 6.45) is 4.01. The number of hydrogen-bond acceptors (Lipinski definition) is 10. The standard InChI is InChI=1S/C33H54N14O6/c1-18(2)13-26(47-30(52)23(5-3-11-41-32(36)37)44-28(50)22(34)15-20-16-40-17-43-20)31(53)45-24(6-4-12-42-33(38)39)29(51)46-25(27(35)49)14-19-7-9-21(48)10-8-19/h7-10,16-18,22-26,48H,3-6,11-15,34H2,1-2H3,(H2,35,49)(H,40,43)(H,44,50)(H,45,53)(H,46,51)(H,47,52)(H4,36,37,41)(H4,38,39,42)/t22-,23-,24-,25-,26-/m0/s1. The van der Waals surface area contributed by atoms with Crippen LogP contribution in [0.3, 0.4) is 0 Å². The van der Waals surface area contributed by atoms with E-state index in [0.29, 0.717) is 17.7 Å². The van der Waals surface area contributed by atoms with Crippen LogP contribution in [0.4, 0.5) is 0 Å². The van der Waals surface area contributed by atoms with Gasteiger partial charge < -0.3 is 65.8 Å². The van der Waals surface area contributed by atoms with Gasteiger partial charge in [-0.1, -0.05) is 26.0 Å². The number of nitrogens with one attached hydrogen (secondary N) is 5. The van der Waals surface area contributed by atoms with E-state index in [1.54, 1.807) is 12.1 Å². The third kappa shape index (κ3) is 16.8. The SMILES string of the molecule is CC(C)C[C@H](NC(=O)[C@H](CCCN=C(N)N)NC(=O)[C@@H](N)Cc1cnc[nH]1)C(=O)N[C@@H](CCCN=C(N)N)C(=O)N[C@@H](Cc1ccc(O)cc1)C(N)=O. The smallest absolute Gasteiger partial charge is 0.243 e. The fourth-order valence-electron chi connectivity index (χ4n) is 5.16. The van der Waals surface area contributed by atoms with Crippen LogP contribution in [0.1, 0.15) is 57.2 Å². The molecule has 0 saturated carbocycles. The van der Waals surface area contributed by atoms with Gasteiger partial charge in [-0.2, -0.15) is 0 Å². The number of aromatic hydroxyl groups is 1. The summed E-state index contributed by atoms with van der Waals surface area (Å²) >= 11 is 0. The summed E-state index contributed by atoms with van der Waals surface area (Å²) < 4.78 is 0. The van der Waals surface area contributed by atoms with Crippen molar-refractivity contribution >= 4 is 41.5 Å². The van der Waals surface area contributed by atoms with Crippen molar-refractivity contribution in [3.8, 4) is 5.75 Å². The quantitative estimate of drug-likeness (QED) is 0.0304. The lowest BCUT2D eigenvalue weighted by atomic mass is 10.0. The molecule has 0 radical (unpaired) electrons. The van der Waals surface area contributed by atoms with Crippen LogP contribution >= 0.6 is 0 Å². The normalized spacial score (nSPS) is 13.7. The Hall–Kier alpha value is -5.92. The molecule has 1 heterocycles. The lowest BCUT2D eigenvalue weighted by Crippen LogP contribution is -2.59. The number of phenolic OH excluding ortho intramolecular Hbond substituents is 1. The van der Waals surface area contributed by atoms with Gasteiger partial charge in [-0.3, -0.25) is 34.0 Å². The number of guanidine groups is 2. The second kappa shape index (κ2) is 22.1. The monoisotopic (exact) mass is 742 g/mol. The Labute approximate surface area is 307 Å². The van der Waals surface area contributed by atoms with E-state index in [1.165, 1.54) is 24.7 Å². The molecule has 2 rings (SSSR count). The van der Waals surface area contributed by atoms with Crippen LogP contribution in [0.2, 0.25) is 0 Å². The minimum absolute atomic E-state index is 0.0177. The van der Waals surface area contributed by atoms with Gasteiger partial charge >= 0.3 is 0 Å². The van der Waals surface area contributed by atoms with Gasteiger partial charge in [0, 0.05) is 37.8 Å². The summed E-state index contributed by atoms with van der Waals surface area (Å²) in [4.78, 5) is 81.2. The van der Waals surface area contributed by atoms with Crippen LogP contribution in [0, 0.1) is 5.92 Å². The fourth-order valence-corrected chi connectivity index (χ4v) is 5.16. The molecule has 1 aromatic carbocycles. The molecule has 0 aliphatic heterocycles. The van der Waals surface area contributed by atoms with Crippen molar-refractivity contribution in [2.24, 2.45) is 50.3 Å². The van der Waals surface area contributed by atoms with Gasteiger partial charge in [0.15, 0.2) is 11.9 Å². The summed E-state index contributed by atoms with van der Waals surface area (Å²) in [5, 5.41) is 20.3. The highest BCUT2D eigenvalue weighted by atomic mass is 16.3. The lowest BCUT2D eigenvalue weighted by Gasteiger charge is -2.27. The third-order valence-electron chi connectivity index (χ3n) is 7.86. The molecule has 53 heavy (non-hydrogen) atoms. The Morgan fingerprint density at radius 2 is 1.23 bits per heavy atom. The minimum Gasteiger partial charge on any atom is -0.508 e. The molecule has 0 aliphatic rings. The number of amides is 5. The summed E-state index contributed by atoms with van der Waals surface area (Å²) in [5.41, 5.74) is 34.7. The van der Waals surface area contributed by atoms with Crippen LogP contribution in [0.15, 0.2) is 46.8 Å². The van der Waals surface area contributed by atoms with E-state index in [4.69, 9.17) is 34.4 Å². The molecule has 20 nitrogen and oxygen atoms in total. The van der Waals surface area contributed by atoms with E-state index in [2.05, 4.69) is 41.2 Å². The molecule has 0 bridgehead atoms. The maximum absolute atomic E-state index is 13.8. The zero-order valence-electron chi connectivity index (χ0n) is 30.1. The van der Waals surface area contributed by atoms with E-state index >= 15 is 0 Å². The number of imidazole rings is 1. The Balaban J connectivity index is 2.27.